The van der Waals surface area contributed by atoms with Crippen molar-refractivity contribution < 1.29 is 19.0 Å². The largest absolute Gasteiger partial charge is 0.444 e. The standard InChI is InChI=1S/C13H19FN2O3/c1-8(7-17)10-5-11(9(14)6-15-10)16-12(18)19-13(2,3)4/h5-6,8,17H,7H2,1-4H3,(H,15,16,18). The molecule has 0 aliphatic carbocycles. The quantitative estimate of drug-likeness (QED) is 0.885. The Hall–Kier alpha value is -1.69. The van der Waals surface area contributed by atoms with E-state index in [0.29, 0.717) is 5.69 Å². The zero-order valence-electron chi connectivity index (χ0n) is 11.5. The second-order valence-corrected chi connectivity index (χ2v) is 5.30. The van der Waals surface area contributed by atoms with Gasteiger partial charge in [0.1, 0.15) is 5.60 Å². The number of anilines is 1. The maximum absolute atomic E-state index is 13.5. The van der Waals surface area contributed by atoms with Gasteiger partial charge in [0.05, 0.1) is 18.5 Å². The average Bonchev–Trinajstić information content (AvgIpc) is 2.28. The van der Waals surface area contributed by atoms with E-state index in [-0.39, 0.29) is 18.2 Å². The molecule has 0 aliphatic heterocycles. The van der Waals surface area contributed by atoms with Crippen molar-refractivity contribution >= 4 is 11.8 Å². The summed E-state index contributed by atoms with van der Waals surface area (Å²) in [4.78, 5) is 15.4. The first-order valence-electron chi connectivity index (χ1n) is 5.99. The van der Waals surface area contributed by atoms with Crippen LogP contribution in [0, 0.1) is 5.82 Å². The van der Waals surface area contributed by atoms with E-state index >= 15 is 0 Å². The Bertz CT molecular complexity index is 458. The number of pyridine rings is 1. The van der Waals surface area contributed by atoms with Crippen LogP contribution < -0.4 is 5.32 Å². The number of aliphatic hydroxyl groups is 1. The van der Waals surface area contributed by atoms with Crippen molar-refractivity contribution in [3.63, 3.8) is 0 Å². The van der Waals surface area contributed by atoms with E-state index in [1.807, 2.05) is 0 Å². The summed E-state index contributed by atoms with van der Waals surface area (Å²) in [5, 5.41) is 11.4. The van der Waals surface area contributed by atoms with Crippen molar-refractivity contribution in [3.05, 3.63) is 23.8 Å². The SMILES string of the molecule is CC(CO)c1cc(NC(=O)OC(C)(C)C)c(F)cn1. The number of rotatable bonds is 3. The first-order chi connectivity index (χ1) is 8.73. The molecule has 6 heteroatoms. The molecule has 0 aromatic carbocycles. The molecule has 1 amide bonds. The topological polar surface area (TPSA) is 71.5 Å². The van der Waals surface area contributed by atoms with Gasteiger partial charge in [-0.25, -0.2) is 9.18 Å². The number of hydrogen-bond donors (Lipinski definition) is 2. The Kier molecular flexibility index (Phi) is 4.83. The van der Waals surface area contributed by atoms with E-state index in [1.54, 1.807) is 27.7 Å². The molecule has 1 rings (SSSR count). The van der Waals surface area contributed by atoms with Crippen molar-refractivity contribution in [2.45, 2.75) is 39.2 Å². The number of aromatic nitrogens is 1. The zero-order valence-corrected chi connectivity index (χ0v) is 11.5. The highest BCUT2D eigenvalue weighted by Gasteiger charge is 2.18. The predicted octanol–water partition coefficient (Wildman–Crippen LogP) is 2.66. The van der Waals surface area contributed by atoms with E-state index in [4.69, 9.17) is 9.84 Å². The molecular weight excluding hydrogens is 251 g/mol. The van der Waals surface area contributed by atoms with E-state index in [0.717, 1.165) is 6.20 Å². The van der Waals surface area contributed by atoms with Crippen LogP contribution in [0.4, 0.5) is 14.9 Å². The van der Waals surface area contributed by atoms with Gasteiger partial charge in [0.2, 0.25) is 0 Å². The van der Waals surface area contributed by atoms with Crippen molar-refractivity contribution in [2.24, 2.45) is 0 Å². The Morgan fingerprint density at radius 3 is 2.74 bits per heavy atom. The molecule has 5 nitrogen and oxygen atoms in total. The molecule has 1 unspecified atom stereocenters. The van der Waals surface area contributed by atoms with Gasteiger partial charge in [0.15, 0.2) is 5.82 Å². The zero-order chi connectivity index (χ0) is 14.6. The summed E-state index contributed by atoms with van der Waals surface area (Å²) in [5.74, 6) is -0.889. The molecule has 0 bridgehead atoms. The number of amides is 1. The summed E-state index contributed by atoms with van der Waals surface area (Å²) in [7, 11) is 0. The third-order valence-corrected chi connectivity index (χ3v) is 2.29. The summed E-state index contributed by atoms with van der Waals surface area (Å²) >= 11 is 0. The summed E-state index contributed by atoms with van der Waals surface area (Å²) < 4.78 is 18.6. The lowest BCUT2D eigenvalue weighted by molar-refractivity contribution is 0.0635. The highest BCUT2D eigenvalue weighted by atomic mass is 19.1. The van der Waals surface area contributed by atoms with E-state index in [9.17, 15) is 9.18 Å². The number of halogens is 1. The van der Waals surface area contributed by atoms with Gasteiger partial charge in [-0.3, -0.25) is 10.3 Å². The number of carbonyl (C=O) groups excluding carboxylic acids is 1. The van der Waals surface area contributed by atoms with Gasteiger partial charge >= 0.3 is 6.09 Å². The van der Waals surface area contributed by atoms with Gasteiger partial charge in [0, 0.05) is 11.6 Å². The lowest BCUT2D eigenvalue weighted by atomic mass is 10.1. The molecule has 0 saturated carbocycles. The predicted molar refractivity (Wildman–Crippen MR) is 69.6 cm³/mol. The molecule has 2 N–H and O–H groups in total. The molecule has 0 radical (unpaired) electrons. The minimum absolute atomic E-state index is 0.0143. The van der Waals surface area contributed by atoms with Crippen molar-refractivity contribution in [3.8, 4) is 0 Å². The maximum atomic E-state index is 13.5. The molecule has 1 heterocycles. The van der Waals surface area contributed by atoms with Gasteiger partial charge < -0.3 is 9.84 Å². The van der Waals surface area contributed by atoms with Crippen LogP contribution in [-0.2, 0) is 4.74 Å². The Balaban J connectivity index is 2.85. The fraction of sp³-hybridized carbons (Fsp3) is 0.538. The molecular formula is C13H19FN2O3. The molecule has 19 heavy (non-hydrogen) atoms. The Labute approximate surface area is 111 Å². The molecule has 106 valence electrons. The van der Waals surface area contributed by atoms with Gasteiger partial charge in [-0.1, -0.05) is 6.92 Å². The Morgan fingerprint density at radius 2 is 2.21 bits per heavy atom. The lowest BCUT2D eigenvalue weighted by Gasteiger charge is -2.20. The van der Waals surface area contributed by atoms with Gasteiger partial charge in [-0.05, 0) is 26.8 Å². The van der Waals surface area contributed by atoms with Gasteiger partial charge in [-0.2, -0.15) is 0 Å². The van der Waals surface area contributed by atoms with Crippen molar-refractivity contribution in [1.82, 2.24) is 4.98 Å². The normalized spacial score (nSPS) is 12.9. The number of carbonyl (C=O) groups is 1. The summed E-state index contributed by atoms with van der Waals surface area (Å²) in [5.41, 5.74) is -0.177. The van der Waals surface area contributed by atoms with Crippen LogP contribution in [0.15, 0.2) is 12.3 Å². The monoisotopic (exact) mass is 270 g/mol. The molecule has 0 aliphatic rings. The molecule has 0 saturated heterocycles. The number of ether oxygens (including phenoxy) is 1. The molecule has 0 spiro atoms. The summed E-state index contributed by atoms with van der Waals surface area (Å²) in [6, 6.07) is 1.39. The number of hydrogen-bond acceptors (Lipinski definition) is 4. The minimum Gasteiger partial charge on any atom is -0.444 e. The first kappa shape index (κ1) is 15.4. The average molecular weight is 270 g/mol. The third-order valence-electron chi connectivity index (χ3n) is 2.29. The van der Waals surface area contributed by atoms with E-state index < -0.39 is 17.5 Å². The molecule has 1 aromatic rings. The molecule has 1 atom stereocenters. The summed E-state index contributed by atoms with van der Waals surface area (Å²) in [6.07, 6.45) is 0.272. The smallest absolute Gasteiger partial charge is 0.412 e. The van der Waals surface area contributed by atoms with Crippen LogP contribution in [0.25, 0.3) is 0 Å². The second kappa shape index (κ2) is 5.97. The van der Waals surface area contributed by atoms with Gasteiger partial charge in [0.25, 0.3) is 0 Å². The molecule has 1 aromatic heterocycles. The van der Waals surface area contributed by atoms with Crippen LogP contribution in [0.1, 0.15) is 39.3 Å². The second-order valence-electron chi connectivity index (χ2n) is 5.30. The van der Waals surface area contributed by atoms with Gasteiger partial charge in [-0.15, -0.1) is 0 Å². The van der Waals surface area contributed by atoms with Crippen molar-refractivity contribution in [2.75, 3.05) is 11.9 Å². The van der Waals surface area contributed by atoms with E-state index in [1.165, 1.54) is 6.07 Å². The van der Waals surface area contributed by atoms with E-state index in [2.05, 4.69) is 10.3 Å². The van der Waals surface area contributed by atoms with Crippen molar-refractivity contribution in [1.29, 1.82) is 0 Å². The van der Waals surface area contributed by atoms with Crippen LogP contribution >= 0.6 is 0 Å². The fourth-order valence-electron chi connectivity index (χ4n) is 1.33. The number of nitrogens with one attached hydrogen (secondary N) is 1. The maximum Gasteiger partial charge on any atom is 0.412 e. The third kappa shape index (κ3) is 4.82. The minimum atomic E-state index is -0.736. The van der Waals surface area contributed by atoms with Crippen LogP contribution in [0.3, 0.4) is 0 Å². The molecule has 0 fully saturated rings. The number of nitrogens with zero attached hydrogens (tertiary/aromatic N) is 1. The highest BCUT2D eigenvalue weighted by molar-refractivity contribution is 5.85. The van der Waals surface area contributed by atoms with Crippen LogP contribution in [0.2, 0.25) is 0 Å². The lowest BCUT2D eigenvalue weighted by Crippen LogP contribution is -2.27. The highest BCUT2D eigenvalue weighted by Crippen LogP contribution is 2.20. The fourth-order valence-corrected chi connectivity index (χ4v) is 1.33. The first-order valence-corrected chi connectivity index (χ1v) is 5.99. The van der Waals surface area contributed by atoms with Crippen LogP contribution in [0.5, 0.6) is 0 Å². The van der Waals surface area contributed by atoms with Crippen LogP contribution in [-0.4, -0.2) is 28.4 Å². The Morgan fingerprint density at radius 1 is 1.58 bits per heavy atom. The summed E-state index contributed by atoms with van der Waals surface area (Å²) in [6.45, 7) is 6.79. The number of aliphatic hydroxyl groups excluding tert-OH is 1.